The van der Waals surface area contributed by atoms with Gasteiger partial charge in [-0.15, -0.1) is 11.3 Å². The van der Waals surface area contributed by atoms with Crippen LogP contribution in [0.25, 0.3) is 0 Å². The number of carboxylic acid groups (broad SMARTS) is 1. The summed E-state index contributed by atoms with van der Waals surface area (Å²) >= 11 is 7.40. The molecule has 0 radical (unpaired) electrons. The third kappa shape index (κ3) is 4.68. The zero-order valence-corrected chi connectivity index (χ0v) is 15.1. The molecule has 0 aromatic carbocycles. The number of hydrogen-bond donors (Lipinski definition) is 1. The molecule has 0 aliphatic carbocycles. The van der Waals surface area contributed by atoms with Crippen molar-refractivity contribution in [1.82, 2.24) is 9.80 Å². The molecule has 7 heteroatoms. The van der Waals surface area contributed by atoms with Gasteiger partial charge in [-0.25, -0.2) is 0 Å². The lowest BCUT2D eigenvalue weighted by Crippen LogP contribution is -2.48. The van der Waals surface area contributed by atoms with Crippen molar-refractivity contribution in [3.63, 3.8) is 0 Å². The maximum absolute atomic E-state index is 12.6. The highest BCUT2D eigenvalue weighted by molar-refractivity contribution is 7.16. The van der Waals surface area contributed by atoms with E-state index in [2.05, 4.69) is 0 Å². The van der Waals surface area contributed by atoms with Crippen LogP contribution < -0.4 is 0 Å². The second kappa shape index (κ2) is 8.13. The van der Waals surface area contributed by atoms with Gasteiger partial charge >= 0.3 is 5.97 Å². The normalized spacial score (nSPS) is 17.5. The van der Waals surface area contributed by atoms with Crippen molar-refractivity contribution in [3.8, 4) is 0 Å². The maximum Gasteiger partial charge on any atom is 0.317 e. The van der Waals surface area contributed by atoms with Crippen LogP contribution >= 0.6 is 22.9 Å². The van der Waals surface area contributed by atoms with Crippen LogP contribution in [0.2, 0.25) is 4.34 Å². The molecule has 2 heterocycles. The van der Waals surface area contributed by atoms with E-state index in [9.17, 15) is 9.59 Å². The van der Waals surface area contributed by atoms with Crippen LogP contribution in [-0.4, -0.2) is 59.0 Å². The summed E-state index contributed by atoms with van der Waals surface area (Å²) in [7, 11) is 0. The van der Waals surface area contributed by atoms with E-state index in [1.807, 2.05) is 35.8 Å². The zero-order valence-electron chi connectivity index (χ0n) is 13.5. The van der Waals surface area contributed by atoms with Crippen LogP contribution in [0.1, 0.15) is 37.5 Å². The monoisotopic (exact) mass is 358 g/mol. The molecule has 1 aliphatic heterocycles. The smallest absolute Gasteiger partial charge is 0.317 e. The standard InChI is InChI=1S/C16H23ClN2O3S/c1-3-18(10-15(20)21)12-6-8-19(9-7-12)16(22)11(2)13-4-5-14(17)23-13/h4-5,11-12H,3,6-10H2,1-2H3,(H,20,21)/t11-/m0/s1. The topological polar surface area (TPSA) is 60.9 Å². The van der Waals surface area contributed by atoms with Crippen molar-refractivity contribution in [3.05, 3.63) is 21.3 Å². The Bertz CT molecular complexity index is 555. The Labute approximate surface area is 145 Å². The van der Waals surface area contributed by atoms with Crippen LogP contribution in [0.3, 0.4) is 0 Å². The lowest BCUT2D eigenvalue weighted by atomic mass is 10.0. The quantitative estimate of drug-likeness (QED) is 0.849. The van der Waals surface area contributed by atoms with E-state index < -0.39 is 5.97 Å². The third-order valence-corrected chi connectivity index (χ3v) is 5.84. The summed E-state index contributed by atoms with van der Waals surface area (Å²) in [5.74, 6) is -0.845. The largest absolute Gasteiger partial charge is 0.480 e. The molecule has 1 N–H and O–H groups in total. The van der Waals surface area contributed by atoms with Gasteiger partial charge in [0, 0.05) is 24.0 Å². The molecule has 0 saturated carbocycles. The molecule has 1 fully saturated rings. The third-order valence-electron chi connectivity index (χ3n) is 4.43. The molecular formula is C16H23ClN2O3S. The van der Waals surface area contributed by atoms with Gasteiger partial charge in [-0.2, -0.15) is 0 Å². The Morgan fingerprint density at radius 3 is 2.57 bits per heavy atom. The number of carbonyl (C=O) groups is 2. The van der Waals surface area contributed by atoms with Gasteiger partial charge in [0.25, 0.3) is 0 Å². The molecule has 1 aromatic heterocycles. The molecule has 2 rings (SSSR count). The first kappa shape index (κ1) is 18.2. The fourth-order valence-electron chi connectivity index (χ4n) is 3.08. The van der Waals surface area contributed by atoms with Crippen LogP contribution in [-0.2, 0) is 9.59 Å². The second-order valence-electron chi connectivity index (χ2n) is 5.88. The number of hydrogen-bond acceptors (Lipinski definition) is 4. The Morgan fingerprint density at radius 1 is 1.43 bits per heavy atom. The summed E-state index contributed by atoms with van der Waals surface area (Å²) in [5.41, 5.74) is 0. The minimum Gasteiger partial charge on any atom is -0.480 e. The van der Waals surface area contributed by atoms with Gasteiger partial charge in [0.1, 0.15) is 0 Å². The fraction of sp³-hybridized carbons (Fsp3) is 0.625. The van der Waals surface area contributed by atoms with E-state index in [1.165, 1.54) is 11.3 Å². The number of piperidine rings is 1. The average molecular weight is 359 g/mol. The number of aliphatic carboxylic acids is 1. The predicted octanol–water partition coefficient (Wildman–Crippen LogP) is 2.90. The minimum atomic E-state index is -0.798. The first-order valence-corrected chi connectivity index (χ1v) is 9.11. The van der Waals surface area contributed by atoms with Crippen LogP contribution in [0.15, 0.2) is 12.1 Å². The highest BCUT2D eigenvalue weighted by atomic mass is 35.5. The summed E-state index contributed by atoms with van der Waals surface area (Å²) in [6.45, 7) is 6.04. The van der Waals surface area contributed by atoms with Crippen molar-refractivity contribution < 1.29 is 14.7 Å². The summed E-state index contributed by atoms with van der Waals surface area (Å²) < 4.78 is 0.700. The van der Waals surface area contributed by atoms with Gasteiger partial charge in [-0.3, -0.25) is 14.5 Å². The molecule has 0 spiro atoms. The van der Waals surface area contributed by atoms with E-state index in [-0.39, 0.29) is 24.4 Å². The lowest BCUT2D eigenvalue weighted by molar-refractivity contribution is -0.140. The molecule has 128 valence electrons. The number of carbonyl (C=O) groups excluding carboxylic acids is 1. The van der Waals surface area contributed by atoms with Gasteiger partial charge in [0.05, 0.1) is 16.8 Å². The molecule has 1 amide bonds. The molecule has 1 saturated heterocycles. The van der Waals surface area contributed by atoms with Gasteiger partial charge in [0.2, 0.25) is 5.91 Å². The fourth-order valence-corrected chi connectivity index (χ4v) is 4.19. The Kier molecular flexibility index (Phi) is 6.44. The molecule has 0 bridgehead atoms. The van der Waals surface area contributed by atoms with Crippen molar-refractivity contribution in [2.24, 2.45) is 0 Å². The number of thiophene rings is 1. The van der Waals surface area contributed by atoms with Crippen molar-refractivity contribution in [2.75, 3.05) is 26.2 Å². The average Bonchev–Trinajstić information content (AvgIpc) is 2.97. The number of nitrogens with zero attached hydrogens (tertiary/aromatic N) is 2. The summed E-state index contributed by atoms with van der Waals surface area (Å²) in [5, 5.41) is 8.97. The van der Waals surface area contributed by atoms with E-state index in [4.69, 9.17) is 16.7 Å². The number of carboxylic acids is 1. The highest BCUT2D eigenvalue weighted by Crippen LogP contribution is 2.30. The first-order chi connectivity index (χ1) is 10.9. The van der Waals surface area contributed by atoms with Crippen molar-refractivity contribution in [1.29, 1.82) is 0 Å². The lowest BCUT2D eigenvalue weighted by Gasteiger charge is -2.38. The van der Waals surface area contributed by atoms with Crippen LogP contribution in [0.4, 0.5) is 0 Å². The molecule has 0 unspecified atom stereocenters. The molecule has 1 atom stereocenters. The van der Waals surface area contributed by atoms with Gasteiger partial charge in [0.15, 0.2) is 0 Å². The van der Waals surface area contributed by atoms with Crippen LogP contribution in [0.5, 0.6) is 0 Å². The summed E-state index contributed by atoms with van der Waals surface area (Å²) in [4.78, 5) is 28.4. The minimum absolute atomic E-state index is 0.0687. The number of likely N-dealkylation sites (tertiary alicyclic amines) is 1. The molecule has 23 heavy (non-hydrogen) atoms. The van der Waals surface area contributed by atoms with E-state index in [0.29, 0.717) is 17.4 Å². The van der Waals surface area contributed by atoms with Crippen molar-refractivity contribution >= 4 is 34.8 Å². The summed E-state index contributed by atoms with van der Waals surface area (Å²) in [6, 6.07) is 3.97. The SMILES string of the molecule is CCN(CC(=O)O)C1CCN(C(=O)[C@@H](C)c2ccc(Cl)s2)CC1. The van der Waals surface area contributed by atoms with Gasteiger partial charge < -0.3 is 10.0 Å². The Balaban J connectivity index is 1.90. The zero-order chi connectivity index (χ0) is 17.0. The molecular weight excluding hydrogens is 336 g/mol. The van der Waals surface area contributed by atoms with Crippen LogP contribution in [0, 0.1) is 0 Å². The Morgan fingerprint density at radius 2 is 2.09 bits per heavy atom. The number of amides is 1. The highest BCUT2D eigenvalue weighted by Gasteiger charge is 2.30. The summed E-state index contributed by atoms with van der Waals surface area (Å²) in [6.07, 6.45) is 1.65. The second-order valence-corrected chi connectivity index (χ2v) is 7.62. The number of halogens is 1. The van der Waals surface area contributed by atoms with E-state index >= 15 is 0 Å². The predicted molar refractivity (Wildman–Crippen MR) is 92.2 cm³/mol. The number of likely N-dealkylation sites (N-methyl/N-ethyl adjacent to an activating group) is 1. The van der Waals surface area contributed by atoms with Gasteiger partial charge in [-0.05, 0) is 38.4 Å². The first-order valence-electron chi connectivity index (χ1n) is 7.92. The molecule has 5 nitrogen and oxygen atoms in total. The van der Waals surface area contributed by atoms with Crippen molar-refractivity contribution in [2.45, 2.75) is 38.6 Å². The molecule has 1 aromatic rings. The molecule has 1 aliphatic rings. The Hall–Kier alpha value is -1.11. The maximum atomic E-state index is 12.6. The number of rotatable bonds is 6. The van der Waals surface area contributed by atoms with E-state index in [1.54, 1.807) is 0 Å². The van der Waals surface area contributed by atoms with E-state index in [0.717, 1.165) is 24.3 Å². The van der Waals surface area contributed by atoms with Gasteiger partial charge in [-0.1, -0.05) is 18.5 Å².